The van der Waals surface area contributed by atoms with Gasteiger partial charge in [-0.05, 0) is 30.2 Å². The van der Waals surface area contributed by atoms with Gasteiger partial charge in [-0.2, -0.15) is 10.2 Å². The van der Waals surface area contributed by atoms with Gasteiger partial charge in [0.25, 0.3) is 11.8 Å². The van der Waals surface area contributed by atoms with Gasteiger partial charge < -0.3 is 5.32 Å². The van der Waals surface area contributed by atoms with Gasteiger partial charge in [0.05, 0.1) is 17.3 Å². The molecule has 0 aliphatic heterocycles. The van der Waals surface area contributed by atoms with Crippen LogP contribution in [0.5, 0.6) is 0 Å². The van der Waals surface area contributed by atoms with E-state index in [1.54, 1.807) is 29.7 Å². The monoisotopic (exact) mass is 336 g/mol. The fourth-order valence-electron chi connectivity index (χ4n) is 2.49. The van der Waals surface area contributed by atoms with Gasteiger partial charge >= 0.3 is 0 Å². The number of nitrogens with one attached hydrogen (secondary N) is 2. The number of nitrogens with zero attached hydrogens (tertiary/aromatic N) is 2. The average Bonchev–Trinajstić information content (AvgIpc) is 2.67. The molecule has 1 heterocycles. The predicted octanol–water partition coefficient (Wildman–Crippen LogP) is 1.72. The number of benzene rings is 2. The van der Waals surface area contributed by atoms with Crippen LogP contribution >= 0.6 is 0 Å². The zero-order chi connectivity index (χ0) is 17.6. The third-order valence-electron chi connectivity index (χ3n) is 3.81. The first kappa shape index (κ1) is 16.5. The minimum Gasteiger partial charge on any atom is -0.352 e. The van der Waals surface area contributed by atoms with Crippen molar-refractivity contribution in [1.29, 1.82) is 0 Å². The van der Waals surface area contributed by atoms with Crippen molar-refractivity contribution in [1.82, 2.24) is 21.0 Å². The summed E-state index contributed by atoms with van der Waals surface area (Å²) in [7, 11) is 0. The van der Waals surface area contributed by atoms with Gasteiger partial charge in [0.1, 0.15) is 0 Å². The Morgan fingerprint density at radius 1 is 1.00 bits per heavy atom. The van der Waals surface area contributed by atoms with Gasteiger partial charge in [-0.25, -0.2) is 5.48 Å². The molecule has 0 bridgehead atoms. The van der Waals surface area contributed by atoms with E-state index in [-0.39, 0.29) is 5.91 Å². The van der Waals surface area contributed by atoms with Gasteiger partial charge in [-0.3, -0.25) is 14.8 Å². The van der Waals surface area contributed by atoms with E-state index < -0.39 is 5.91 Å². The highest BCUT2D eigenvalue weighted by Gasteiger charge is 2.10. The standard InChI is InChI=1S/C18H16N4O3/c23-17(22-25)13-7-5-12(6-8-13)9-10-19-18(24)15-11-20-21-16-4-2-1-3-14(15)16/h1-8,11,25H,9-10H2,(H,19,24)(H,22,23). The molecule has 0 aliphatic carbocycles. The van der Waals surface area contributed by atoms with Crippen LogP contribution in [-0.2, 0) is 6.42 Å². The Kier molecular flexibility index (Phi) is 4.96. The number of rotatable bonds is 5. The molecule has 25 heavy (non-hydrogen) atoms. The van der Waals surface area contributed by atoms with Crippen LogP contribution in [0.1, 0.15) is 26.3 Å². The lowest BCUT2D eigenvalue weighted by Gasteiger charge is -2.07. The van der Waals surface area contributed by atoms with Gasteiger partial charge in [0.2, 0.25) is 0 Å². The van der Waals surface area contributed by atoms with Gasteiger partial charge in [0.15, 0.2) is 0 Å². The maximum absolute atomic E-state index is 12.4. The minimum absolute atomic E-state index is 0.206. The molecule has 0 radical (unpaired) electrons. The number of hydroxylamine groups is 1. The van der Waals surface area contributed by atoms with Gasteiger partial charge in [0, 0.05) is 17.5 Å². The van der Waals surface area contributed by atoms with Crippen molar-refractivity contribution in [2.45, 2.75) is 6.42 Å². The molecule has 0 saturated carbocycles. The van der Waals surface area contributed by atoms with Crippen LogP contribution in [-0.4, -0.2) is 33.8 Å². The fraction of sp³-hybridized carbons (Fsp3) is 0.111. The Labute approximate surface area is 143 Å². The Bertz CT molecular complexity index is 904. The van der Waals surface area contributed by atoms with Crippen molar-refractivity contribution in [3.05, 3.63) is 71.4 Å². The number of carbonyl (C=O) groups is 2. The molecule has 3 rings (SSSR count). The molecule has 0 spiro atoms. The maximum Gasteiger partial charge on any atom is 0.274 e. The lowest BCUT2D eigenvalue weighted by molar-refractivity contribution is 0.0706. The second-order valence-corrected chi connectivity index (χ2v) is 5.42. The highest BCUT2D eigenvalue weighted by molar-refractivity contribution is 6.05. The topological polar surface area (TPSA) is 104 Å². The second kappa shape index (κ2) is 7.50. The van der Waals surface area contributed by atoms with Crippen molar-refractivity contribution in [2.24, 2.45) is 0 Å². The van der Waals surface area contributed by atoms with E-state index in [9.17, 15) is 9.59 Å². The number of fused-ring (bicyclic) bond motifs is 1. The Morgan fingerprint density at radius 2 is 1.76 bits per heavy atom. The quantitative estimate of drug-likeness (QED) is 0.486. The third kappa shape index (κ3) is 3.78. The van der Waals surface area contributed by atoms with Gasteiger partial charge in [-0.1, -0.05) is 30.3 Å². The SMILES string of the molecule is O=C(NO)c1ccc(CCNC(=O)c2cnnc3ccccc23)cc1. The van der Waals surface area contributed by atoms with Crippen LogP contribution in [0.25, 0.3) is 10.9 Å². The number of aromatic nitrogens is 2. The zero-order valence-corrected chi connectivity index (χ0v) is 13.3. The number of amides is 2. The summed E-state index contributed by atoms with van der Waals surface area (Å²) in [4.78, 5) is 23.6. The van der Waals surface area contributed by atoms with E-state index in [1.165, 1.54) is 6.20 Å². The predicted molar refractivity (Wildman–Crippen MR) is 91.3 cm³/mol. The van der Waals surface area contributed by atoms with E-state index >= 15 is 0 Å². The Morgan fingerprint density at radius 3 is 2.52 bits per heavy atom. The van der Waals surface area contributed by atoms with Crippen LogP contribution in [0.3, 0.4) is 0 Å². The lowest BCUT2D eigenvalue weighted by atomic mass is 10.1. The second-order valence-electron chi connectivity index (χ2n) is 5.42. The summed E-state index contributed by atoms with van der Waals surface area (Å²) in [6.45, 7) is 0.445. The van der Waals surface area contributed by atoms with Crippen molar-refractivity contribution in [3.63, 3.8) is 0 Å². The summed E-state index contributed by atoms with van der Waals surface area (Å²) >= 11 is 0. The number of hydrogen-bond donors (Lipinski definition) is 3. The molecule has 126 valence electrons. The highest BCUT2D eigenvalue weighted by Crippen LogP contribution is 2.14. The van der Waals surface area contributed by atoms with Crippen molar-refractivity contribution >= 4 is 22.7 Å². The maximum atomic E-state index is 12.4. The van der Waals surface area contributed by atoms with E-state index in [1.807, 2.05) is 24.3 Å². The first-order valence-electron chi connectivity index (χ1n) is 7.71. The molecule has 1 aromatic heterocycles. The molecule has 7 heteroatoms. The molecule has 3 aromatic rings. The Balaban J connectivity index is 1.62. The highest BCUT2D eigenvalue weighted by atomic mass is 16.5. The zero-order valence-electron chi connectivity index (χ0n) is 13.3. The van der Waals surface area contributed by atoms with E-state index in [0.29, 0.717) is 29.6 Å². The van der Waals surface area contributed by atoms with E-state index in [0.717, 1.165) is 10.9 Å². The van der Waals surface area contributed by atoms with Crippen LogP contribution in [0.15, 0.2) is 54.7 Å². The normalized spacial score (nSPS) is 10.4. The van der Waals surface area contributed by atoms with Crippen LogP contribution in [0, 0.1) is 0 Å². The van der Waals surface area contributed by atoms with Gasteiger partial charge in [-0.15, -0.1) is 0 Å². The molecule has 3 N–H and O–H groups in total. The number of hydrogen-bond acceptors (Lipinski definition) is 5. The van der Waals surface area contributed by atoms with Crippen molar-refractivity contribution in [2.75, 3.05) is 6.54 Å². The molecule has 7 nitrogen and oxygen atoms in total. The third-order valence-corrected chi connectivity index (χ3v) is 3.81. The molecule has 0 aliphatic rings. The molecule has 0 fully saturated rings. The summed E-state index contributed by atoms with van der Waals surface area (Å²) in [5.41, 5.74) is 4.08. The Hall–Kier alpha value is -3.32. The first-order chi connectivity index (χ1) is 12.2. The molecule has 2 amide bonds. The molecule has 0 unspecified atom stereocenters. The summed E-state index contributed by atoms with van der Waals surface area (Å²) in [6.07, 6.45) is 2.07. The van der Waals surface area contributed by atoms with Crippen LogP contribution in [0.4, 0.5) is 0 Å². The number of carbonyl (C=O) groups excluding carboxylic acids is 2. The average molecular weight is 336 g/mol. The summed E-state index contributed by atoms with van der Waals surface area (Å²) < 4.78 is 0. The molecule has 0 atom stereocenters. The fourth-order valence-corrected chi connectivity index (χ4v) is 2.49. The van der Waals surface area contributed by atoms with Crippen molar-refractivity contribution < 1.29 is 14.8 Å². The van der Waals surface area contributed by atoms with Crippen molar-refractivity contribution in [3.8, 4) is 0 Å². The van der Waals surface area contributed by atoms with Crippen LogP contribution < -0.4 is 10.8 Å². The largest absolute Gasteiger partial charge is 0.352 e. The van der Waals surface area contributed by atoms with E-state index in [2.05, 4.69) is 15.5 Å². The lowest BCUT2D eigenvalue weighted by Crippen LogP contribution is -2.26. The molecule has 2 aromatic carbocycles. The summed E-state index contributed by atoms with van der Waals surface area (Å²) in [5, 5.41) is 20.1. The minimum atomic E-state index is -0.558. The molecule has 0 saturated heterocycles. The van der Waals surface area contributed by atoms with Crippen LogP contribution in [0.2, 0.25) is 0 Å². The van der Waals surface area contributed by atoms with E-state index in [4.69, 9.17) is 5.21 Å². The summed E-state index contributed by atoms with van der Waals surface area (Å²) in [5.74, 6) is -0.765. The summed E-state index contributed by atoms with van der Waals surface area (Å²) in [6, 6.07) is 14.1. The smallest absolute Gasteiger partial charge is 0.274 e. The molecular weight excluding hydrogens is 320 g/mol. The molecular formula is C18H16N4O3. The first-order valence-corrected chi connectivity index (χ1v) is 7.71.